The van der Waals surface area contributed by atoms with Gasteiger partial charge in [-0.2, -0.15) is 0 Å². The maximum absolute atomic E-state index is 13.7. The molecule has 1 N–H and O–H groups in total. The van der Waals surface area contributed by atoms with Crippen LogP contribution in [-0.4, -0.2) is 47.0 Å². The second-order valence-corrected chi connectivity index (χ2v) is 8.61. The minimum absolute atomic E-state index is 0.0218. The third-order valence-electron chi connectivity index (χ3n) is 3.38. The fraction of sp³-hybridized carbons (Fsp3) is 0.286. The lowest BCUT2D eigenvalue weighted by molar-refractivity contribution is 0.309. The highest BCUT2D eigenvalue weighted by atomic mass is 79.9. The average Bonchev–Trinajstić information content (AvgIpc) is 3.21. The van der Waals surface area contributed by atoms with E-state index in [0.29, 0.717) is 6.42 Å². The van der Waals surface area contributed by atoms with Gasteiger partial charge in [-0.3, -0.25) is 4.52 Å². The Morgan fingerprint density at radius 1 is 1.41 bits per heavy atom. The van der Waals surface area contributed by atoms with E-state index in [9.17, 15) is 17.6 Å². The van der Waals surface area contributed by atoms with Crippen molar-refractivity contribution in [2.75, 3.05) is 23.9 Å². The number of anilines is 1. The number of aromatic nitrogens is 4. The van der Waals surface area contributed by atoms with Crippen LogP contribution in [-0.2, 0) is 9.84 Å². The van der Waals surface area contributed by atoms with Crippen molar-refractivity contribution in [3.05, 3.63) is 39.0 Å². The van der Waals surface area contributed by atoms with Gasteiger partial charge in [0.05, 0.1) is 17.3 Å². The van der Waals surface area contributed by atoms with Gasteiger partial charge in [0.2, 0.25) is 11.6 Å². The molecule has 0 atom stereocenters. The van der Waals surface area contributed by atoms with Crippen LogP contribution in [0.3, 0.4) is 0 Å². The summed E-state index contributed by atoms with van der Waals surface area (Å²) in [5.41, 5.74) is 0.141. The van der Waals surface area contributed by atoms with Gasteiger partial charge >= 0.3 is 5.76 Å². The van der Waals surface area contributed by atoms with E-state index >= 15 is 0 Å². The zero-order valence-corrected chi connectivity index (χ0v) is 16.2. The largest absolute Gasteiger partial charge is 0.446 e. The fourth-order valence-electron chi connectivity index (χ4n) is 2.19. The Bertz CT molecular complexity index is 1150. The number of hydrogen-bond acceptors (Lipinski definition) is 9. The summed E-state index contributed by atoms with van der Waals surface area (Å²) >= 11 is 2.98. The Labute approximate surface area is 161 Å². The normalized spacial score (nSPS) is 12.2. The molecule has 0 fully saturated rings. The molecule has 27 heavy (non-hydrogen) atoms. The van der Waals surface area contributed by atoms with Crippen molar-refractivity contribution in [3.63, 3.8) is 0 Å². The summed E-state index contributed by atoms with van der Waals surface area (Å²) < 4.78 is 54.0. The molecule has 0 amide bonds. The topological polar surface area (TPSA) is 133 Å². The standard InChI is InChI=1S/C14H13BrFN5O5S/c1-27(23,24)6-2-5-17-12-11(18-26-19-12)13-20-25-14(22)21(13)8-3-4-10(16)9(15)7-8/h3-4,7H,2,5-6H2,1H3,(H,17,19)/i4D. The lowest BCUT2D eigenvalue weighted by Crippen LogP contribution is -2.14. The molecule has 0 bridgehead atoms. The van der Waals surface area contributed by atoms with Gasteiger partial charge in [0.1, 0.15) is 15.7 Å². The molecule has 1 aromatic carbocycles. The molecule has 2 aromatic heterocycles. The molecule has 0 unspecified atom stereocenters. The third kappa shape index (κ3) is 4.42. The van der Waals surface area contributed by atoms with E-state index in [1.165, 1.54) is 6.07 Å². The molecule has 2 heterocycles. The minimum Gasteiger partial charge on any atom is -0.365 e. The summed E-state index contributed by atoms with van der Waals surface area (Å²) in [6.45, 7) is 0.245. The summed E-state index contributed by atoms with van der Waals surface area (Å²) in [6, 6.07) is 1.96. The number of hydrogen-bond donors (Lipinski definition) is 1. The quantitative estimate of drug-likeness (QED) is 0.519. The van der Waals surface area contributed by atoms with Gasteiger partial charge in [0, 0.05) is 12.8 Å². The van der Waals surface area contributed by atoms with Crippen LogP contribution in [0.15, 0.2) is 36.6 Å². The molecule has 0 saturated heterocycles. The van der Waals surface area contributed by atoms with Crippen LogP contribution in [0.25, 0.3) is 17.2 Å². The van der Waals surface area contributed by atoms with E-state index in [1.54, 1.807) is 0 Å². The van der Waals surface area contributed by atoms with Gasteiger partial charge in [-0.05, 0) is 50.8 Å². The SMILES string of the molecule is [2H]c1cc(-n2c(-c3nonc3NCCCS(C)(=O)=O)noc2=O)cc(Br)c1F. The van der Waals surface area contributed by atoms with Crippen molar-refractivity contribution in [1.82, 2.24) is 20.0 Å². The van der Waals surface area contributed by atoms with Crippen molar-refractivity contribution in [2.24, 2.45) is 0 Å². The van der Waals surface area contributed by atoms with Gasteiger partial charge in [-0.1, -0.05) is 5.16 Å². The molecule has 144 valence electrons. The van der Waals surface area contributed by atoms with Gasteiger partial charge in [-0.25, -0.2) is 26.8 Å². The highest BCUT2D eigenvalue weighted by Gasteiger charge is 2.23. The van der Waals surface area contributed by atoms with Crippen LogP contribution in [0.2, 0.25) is 0 Å². The predicted octanol–water partition coefficient (Wildman–Crippen LogP) is 1.62. The Morgan fingerprint density at radius 2 is 2.19 bits per heavy atom. The Balaban J connectivity index is 1.93. The van der Waals surface area contributed by atoms with Crippen molar-refractivity contribution < 1.29 is 23.3 Å². The summed E-state index contributed by atoms with van der Waals surface area (Å²) in [4.78, 5) is 12.1. The summed E-state index contributed by atoms with van der Waals surface area (Å²) in [5.74, 6) is -1.67. The number of sulfone groups is 1. The maximum Gasteiger partial charge on any atom is 0.446 e. The molecular weight excluding hydrogens is 449 g/mol. The van der Waals surface area contributed by atoms with Crippen LogP contribution in [0.5, 0.6) is 0 Å². The van der Waals surface area contributed by atoms with Crippen LogP contribution in [0.4, 0.5) is 10.2 Å². The van der Waals surface area contributed by atoms with E-state index in [2.05, 4.69) is 45.9 Å². The van der Waals surface area contributed by atoms with Gasteiger partial charge in [-0.15, -0.1) is 0 Å². The number of nitrogens with zero attached hydrogens (tertiary/aromatic N) is 4. The average molecular weight is 463 g/mol. The molecule has 0 radical (unpaired) electrons. The first kappa shape index (κ1) is 17.9. The molecule has 3 aromatic rings. The number of benzene rings is 1. The Kier molecular flexibility index (Phi) is 5.03. The van der Waals surface area contributed by atoms with Gasteiger partial charge in [0.15, 0.2) is 5.69 Å². The smallest absolute Gasteiger partial charge is 0.365 e. The van der Waals surface area contributed by atoms with E-state index in [0.717, 1.165) is 16.9 Å². The summed E-state index contributed by atoms with van der Waals surface area (Å²) in [6.07, 6.45) is 1.44. The lowest BCUT2D eigenvalue weighted by atomic mass is 10.3. The highest BCUT2D eigenvalue weighted by Crippen LogP contribution is 2.26. The second-order valence-electron chi connectivity index (χ2n) is 5.50. The summed E-state index contributed by atoms with van der Waals surface area (Å²) in [7, 11) is -3.10. The molecule has 0 aliphatic rings. The molecule has 0 saturated carbocycles. The number of halogens is 2. The van der Waals surface area contributed by atoms with Crippen LogP contribution < -0.4 is 11.1 Å². The predicted molar refractivity (Wildman–Crippen MR) is 95.9 cm³/mol. The van der Waals surface area contributed by atoms with Crippen molar-refractivity contribution in [3.8, 4) is 17.2 Å². The summed E-state index contributed by atoms with van der Waals surface area (Å²) in [5, 5.41) is 13.9. The van der Waals surface area contributed by atoms with Crippen LogP contribution in [0.1, 0.15) is 7.79 Å². The first-order valence-electron chi connectivity index (χ1n) is 7.96. The lowest BCUT2D eigenvalue weighted by Gasteiger charge is -2.05. The first-order valence-corrected chi connectivity index (χ1v) is 10.3. The molecule has 10 nitrogen and oxygen atoms in total. The highest BCUT2D eigenvalue weighted by molar-refractivity contribution is 9.10. The van der Waals surface area contributed by atoms with E-state index in [4.69, 9.17) is 1.37 Å². The third-order valence-corrected chi connectivity index (χ3v) is 4.99. The second kappa shape index (κ2) is 7.60. The molecule has 3 rings (SSSR count). The van der Waals surface area contributed by atoms with Crippen molar-refractivity contribution in [2.45, 2.75) is 6.42 Å². The fourth-order valence-corrected chi connectivity index (χ4v) is 3.21. The molecule has 13 heteroatoms. The minimum atomic E-state index is -3.10. The van der Waals surface area contributed by atoms with E-state index in [1.807, 2.05) is 0 Å². The molecule has 0 spiro atoms. The van der Waals surface area contributed by atoms with Crippen molar-refractivity contribution in [1.29, 1.82) is 0 Å². The van der Waals surface area contributed by atoms with Gasteiger partial charge < -0.3 is 5.32 Å². The van der Waals surface area contributed by atoms with Gasteiger partial charge in [0.25, 0.3) is 0 Å². The Morgan fingerprint density at radius 3 is 2.89 bits per heavy atom. The monoisotopic (exact) mass is 462 g/mol. The maximum atomic E-state index is 13.7. The number of nitrogens with one attached hydrogen (secondary N) is 1. The first-order chi connectivity index (χ1) is 13.2. The van der Waals surface area contributed by atoms with E-state index in [-0.39, 0.29) is 39.8 Å². The Hall–Kier alpha value is -2.54. The van der Waals surface area contributed by atoms with Crippen LogP contribution in [0, 0.1) is 5.82 Å². The molecule has 0 aliphatic carbocycles. The zero-order valence-electron chi connectivity index (χ0n) is 14.8. The van der Waals surface area contributed by atoms with Crippen LogP contribution >= 0.6 is 15.9 Å². The molecular formula is C14H13BrFN5O5S. The van der Waals surface area contributed by atoms with Crippen molar-refractivity contribution >= 4 is 31.6 Å². The molecule has 0 aliphatic heterocycles. The number of rotatable bonds is 7. The van der Waals surface area contributed by atoms with E-state index < -0.39 is 27.5 Å². The zero-order chi connectivity index (χ0) is 20.5.